The third-order valence-electron chi connectivity index (χ3n) is 1.83. The van der Waals surface area contributed by atoms with E-state index in [9.17, 15) is 4.79 Å². The van der Waals surface area contributed by atoms with Crippen LogP contribution in [0, 0.1) is 0 Å². The topological polar surface area (TPSA) is 66.8 Å². The summed E-state index contributed by atoms with van der Waals surface area (Å²) in [6, 6.07) is 5.95. The van der Waals surface area contributed by atoms with Crippen LogP contribution in [-0.2, 0) is 8.98 Å². The molecule has 0 spiro atoms. The van der Waals surface area contributed by atoms with Crippen LogP contribution in [0.3, 0.4) is 0 Å². The Hall–Kier alpha value is -1.20. The number of aliphatic carboxylic acids is 1. The first-order valence-electron chi connectivity index (χ1n) is 3.93. The second kappa shape index (κ2) is 4.88. The molecule has 0 amide bonds. The first kappa shape index (κ1) is 10.9. The summed E-state index contributed by atoms with van der Waals surface area (Å²) in [5.41, 5.74) is 0.573. The quantitative estimate of drug-likeness (QED) is 0.524. The van der Waals surface area contributed by atoms with Crippen LogP contribution in [0.25, 0.3) is 0 Å². The molecule has 0 saturated carbocycles. The van der Waals surface area contributed by atoms with Gasteiger partial charge in [-0.1, -0.05) is 12.1 Å². The molecular formula is C9H10O4S. The van der Waals surface area contributed by atoms with E-state index in [0.29, 0.717) is 5.56 Å². The van der Waals surface area contributed by atoms with Crippen molar-refractivity contribution >= 4 is 18.9 Å². The van der Waals surface area contributed by atoms with E-state index in [1.54, 1.807) is 12.1 Å². The van der Waals surface area contributed by atoms with Gasteiger partial charge in [-0.3, -0.25) is 4.79 Å². The number of rotatable bonds is 4. The largest absolute Gasteiger partial charge is 0.508 e. The highest BCUT2D eigenvalue weighted by atomic mass is 32.1. The number of carboxylic acids is 1. The Morgan fingerprint density at radius 3 is 2.43 bits per heavy atom. The second-order valence-electron chi connectivity index (χ2n) is 2.78. The summed E-state index contributed by atoms with van der Waals surface area (Å²) < 4.78 is 4.50. The molecule has 0 fully saturated rings. The van der Waals surface area contributed by atoms with E-state index in [2.05, 4.69) is 17.1 Å². The van der Waals surface area contributed by atoms with Crippen molar-refractivity contribution in [2.75, 3.05) is 6.61 Å². The number of carbonyl (C=O) groups is 1. The normalized spacial score (nSPS) is 12.4. The molecule has 1 unspecified atom stereocenters. The SMILES string of the molecule is O=C(O)C(COS)c1ccc(O)cc1. The lowest BCUT2D eigenvalue weighted by molar-refractivity contribution is -0.139. The van der Waals surface area contributed by atoms with Gasteiger partial charge in [-0.25, -0.2) is 0 Å². The average molecular weight is 214 g/mol. The maximum Gasteiger partial charge on any atom is 0.313 e. The van der Waals surface area contributed by atoms with Crippen molar-refractivity contribution in [2.24, 2.45) is 0 Å². The minimum Gasteiger partial charge on any atom is -0.508 e. The van der Waals surface area contributed by atoms with Gasteiger partial charge >= 0.3 is 5.97 Å². The van der Waals surface area contributed by atoms with Crippen LogP contribution in [0.15, 0.2) is 24.3 Å². The predicted molar refractivity (Wildman–Crippen MR) is 53.4 cm³/mol. The lowest BCUT2D eigenvalue weighted by atomic mass is 10.0. The summed E-state index contributed by atoms with van der Waals surface area (Å²) in [7, 11) is 0. The summed E-state index contributed by atoms with van der Waals surface area (Å²) in [5, 5.41) is 17.9. The summed E-state index contributed by atoms with van der Waals surface area (Å²) in [6.45, 7) is -0.0107. The van der Waals surface area contributed by atoms with Gasteiger partial charge in [0.2, 0.25) is 0 Å². The molecule has 14 heavy (non-hydrogen) atoms. The molecular weight excluding hydrogens is 204 g/mol. The first-order valence-corrected chi connectivity index (χ1v) is 4.29. The van der Waals surface area contributed by atoms with Crippen LogP contribution >= 0.6 is 12.9 Å². The smallest absolute Gasteiger partial charge is 0.313 e. The Labute approximate surface area is 86.8 Å². The van der Waals surface area contributed by atoms with E-state index in [1.165, 1.54) is 12.1 Å². The van der Waals surface area contributed by atoms with Crippen molar-refractivity contribution in [2.45, 2.75) is 5.92 Å². The van der Waals surface area contributed by atoms with Crippen molar-refractivity contribution in [3.05, 3.63) is 29.8 Å². The minimum absolute atomic E-state index is 0.0107. The number of hydrogen-bond donors (Lipinski definition) is 3. The van der Waals surface area contributed by atoms with E-state index in [4.69, 9.17) is 10.2 Å². The van der Waals surface area contributed by atoms with Crippen LogP contribution in [0.4, 0.5) is 0 Å². The fourth-order valence-corrected chi connectivity index (χ4v) is 1.24. The monoisotopic (exact) mass is 214 g/mol. The number of benzene rings is 1. The zero-order valence-corrected chi connectivity index (χ0v) is 8.15. The Morgan fingerprint density at radius 1 is 1.43 bits per heavy atom. The molecule has 76 valence electrons. The van der Waals surface area contributed by atoms with Crippen LogP contribution in [0.1, 0.15) is 11.5 Å². The maximum atomic E-state index is 10.8. The van der Waals surface area contributed by atoms with Gasteiger partial charge < -0.3 is 14.4 Å². The lowest BCUT2D eigenvalue weighted by Crippen LogP contribution is -2.15. The fourth-order valence-electron chi connectivity index (χ4n) is 1.09. The molecule has 0 radical (unpaired) electrons. The molecule has 0 heterocycles. The minimum atomic E-state index is -0.982. The number of phenols is 1. The van der Waals surface area contributed by atoms with E-state index < -0.39 is 11.9 Å². The summed E-state index contributed by atoms with van der Waals surface area (Å²) in [5.74, 6) is -1.64. The molecule has 5 heteroatoms. The molecule has 0 bridgehead atoms. The van der Waals surface area contributed by atoms with Gasteiger partial charge in [0.25, 0.3) is 0 Å². The molecule has 0 aliphatic carbocycles. The highest BCUT2D eigenvalue weighted by Gasteiger charge is 2.19. The van der Waals surface area contributed by atoms with Gasteiger partial charge in [0.1, 0.15) is 11.7 Å². The highest BCUT2D eigenvalue weighted by molar-refractivity contribution is 7.75. The molecule has 4 nitrogen and oxygen atoms in total. The third kappa shape index (κ3) is 2.65. The van der Waals surface area contributed by atoms with Gasteiger partial charge in [-0.2, -0.15) is 0 Å². The van der Waals surface area contributed by atoms with Crippen molar-refractivity contribution < 1.29 is 19.2 Å². The predicted octanol–water partition coefficient (Wildman–Crippen LogP) is 1.42. The molecule has 1 rings (SSSR count). The van der Waals surface area contributed by atoms with Gasteiger partial charge in [0.15, 0.2) is 0 Å². The number of hydrogen-bond acceptors (Lipinski definition) is 4. The Kier molecular flexibility index (Phi) is 3.79. The molecule has 0 aliphatic rings. The first-order chi connectivity index (χ1) is 6.65. The third-order valence-corrected chi connectivity index (χ3v) is 1.98. The van der Waals surface area contributed by atoms with Crippen LogP contribution in [0.5, 0.6) is 5.75 Å². The molecule has 1 atom stereocenters. The van der Waals surface area contributed by atoms with Crippen LogP contribution in [0.2, 0.25) is 0 Å². The van der Waals surface area contributed by atoms with Crippen LogP contribution < -0.4 is 0 Å². The Morgan fingerprint density at radius 2 is 2.00 bits per heavy atom. The van der Waals surface area contributed by atoms with Crippen molar-refractivity contribution in [1.29, 1.82) is 0 Å². The standard InChI is InChI=1S/C9H10O4S/c10-7-3-1-6(2-4-7)8(5-13-14)9(11)12/h1-4,8,10,14H,5H2,(H,11,12). The fraction of sp³-hybridized carbons (Fsp3) is 0.222. The molecule has 0 aromatic heterocycles. The summed E-state index contributed by atoms with van der Waals surface area (Å²) >= 11 is 3.51. The Bertz CT molecular complexity index is 309. The molecule has 1 aromatic rings. The summed E-state index contributed by atoms with van der Waals surface area (Å²) in [4.78, 5) is 10.8. The van der Waals surface area contributed by atoms with Gasteiger partial charge in [-0.15, -0.1) is 0 Å². The van der Waals surface area contributed by atoms with Crippen molar-refractivity contribution in [3.63, 3.8) is 0 Å². The van der Waals surface area contributed by atoms with E-state index in [0.717, 1.165) is 0 Å². The number of aromatic hydroxyl groups is 1. The molecule has 2 N–H and O–H groups in total. The van der Waals surface area contributed by atoms with Gasteiger partial charge in [0.05, 0.1) is 6.61 Å². The molecule has 1 aromatic carbocycles. The average Bonchev–Trinajstić information content (AvgIpc) is 2.15. The molecule has 0 saturated heterocycles. The lowest BCUT2D eigenvalue weighted by Gasteiger charge is -2.10. The van der Waals surface area contributed by atoms with Crippen LogP contribution in [-0.4, -0.2) is 22.8 Å². The Balaban J connectivity index is 2.87. The maximum absolute atomic E-state index is 10.8. The zero-order valence-electron chi connectivity index (χ0n) is 7.25. The highest BCUT2D eigenvalue weighted by Crippen LogP contribution is 2.19. The van der Waals surface area contributed by atoms with Crippen molar-refractivity contribution in [1.82, 2.24) is 0 Å². The molecule has 0 aliphatic heterocycles. The van der Waals surface area contributed by atoms with E-state index in [-0.39, 0.29) is 12.4 Å². The van der Waals surface area contributed by atoms with E-state index >= 15 is 0 Å². The summed E-state index contributed by atoms with van der Waals surface area (Å²) in [6.07, 6.45) is 0. The van der Waals surface area contributed by atoms with E-state index in [1.807, 2.05) is 0 Å². The number of carboxylic acid groups (broad SMARTS) is 1. The number of phenolic OH excluding ortho intramolecular Hbond substituents is 1. The zero-order chi connectivity index (χ0) is 10.6. The van der Waals surface area contributed by atoms with Gasteiger partial charge in [-0.05, 0) is 30.6 Å². The second-order valence-corrected chi connectivity index (χ2v) is 3.04. The van der Waals surface area contributed by atoms with Gasteiger partial charge in [0, 0.05) is 0 Å². The number of thiol groups is 1. The van der Waals surface area contributed by atoms with Crippen molar-refractivity contribution in [3.8, 4) is 5.75 Å².